The number of Topliss-reactive ketones (excluding diaryl/α,β-unsaturated/α-hetero) is 1. The number of nitrogens with two attached hydrogens (primary N) is 2. The van der Waals surface area contributed by atoms with E-state index in [9.17, 15) is 4.79 Å². The second kappa shape index (κ2) is 10.2. The quantitative estimate of drug-likeness (QED) is 0.387. The number of likely N-dealkylation sites (tertiary alicyclic amines) is 1. The number of aromatic nitrogens is 1. The van der Waals surface area contributed by atoms with Crippen molar-refractivity contribution in [2.45, 2.75) is 52.6 Å². The number of guanidine groups is 1. The summed E-state index contributed by atoms with van der Waals surface area (Å²) in [4.78, 5) is 23.4. The number of hydrogen-bond acceptors (Lipinski definition) is 6. The van der Waals surface area contributed by atoms with E-state index in [0.717, 1.165) is 42.8 Å². The van der Waals surface area contributed by atoms with Gasteiger partial charge in [-0.1, -0.05) is 0 Å². The predicted molar refractivity (Wildman–Crippen MR) is 126 cm³/mol. The van der Waals surface area contributed by atoms with Gasteiger partial charge in [-0.3, -0.25) is 4.79 Å². The van der Waals surface area contributed by atoms with Crippen molar-refractivity contribution < 1.29 is 9.53 Å². The van der Waals surface area contributed by atoms with Gasteiger partial charge in [0.1, 0.15) is 5.75 Å². The number of aliphatic imine (C=N–C) groups is 1. The van der Waals surface area contributed by atoms with Gasteiger partial charge in [-0.15, -0.1) is 11.3 Å². The maximum Gasteiger partial charge on any atom is 0.207 e. The van der Waals surface area contributed by atoms with Crippen LogP contribution in [-0.2, 0) is 6.54 Å². The van der Waals surface area contributed by atoms with E-state index in [2.05, 4.69) is 36.7 Å². The summed E-state index contributed by atoms with van der Waals surface area (Å²) in [5, 5.41) is 2.29. The molecule has 2 atom stereocenters. The minimum Gasteiger partial charge on any atom is -0.496 e. The van der Waals surface area contributed by atoms with Crippen LogP contribution in [0.15, 0.2) is 22.6 Å². The lowest BCUT2D eigenvalue weighted by Gasteiger charge is -2.34. The third-order valence-electron chi connectivity index (χ3n) is 6.24. The molecule has 8 heteroatoms. The third-order valence-corrected chi connectivity index (χ3v) is 7.03. The zero-order valence-electron chi connectivity index (χ0n) is 18.9. The molecule has 2 heterocycles. The van der Waals surface area contributed by atoms with Gasteiger partial charge in [-0.05, 0) is 74.3 Å². The van der Waals surface area contributed by atoms with Crippen molar-refractivity contribution in [3.8, 4) is 5.75 Å². The highest BCUT2D eigenvalue weighted by Gasteiger charge is 2.27. The SMILES string of the molecule is COc1cc(C)c(CN=C(N)N2CCC[C@@H](CC(N)C(=O)c3nccs3)C2)c(C)c1C. The highest BCUT2D eigenvalue weighted by atomic mass is 32.1. The first-order valence-electron chi connectivity index (χ1n) is 10.7. The van der Waals surface area contributed by atoms with Crippen molar-refractivity contribution in [1.29, 1.82) is 0 Å². The molecule has 1 aliphatic rings. The lowest BCUT2D eigenvalue weighted by molar-refractivity contribution is 0.0939. The number of ether oxygens (including phenoxy) is 1. The first kappa shape index (κ1) is 23.2. The topological polar surface area (TPSA) is 107 Å². The van der Waals surface area contributed by atoms with Gasteiger partial charge in [0, 0.05) is 24.7 Å². The normalized spacial score (nSPS) is 18.2. The second-order valence-corrected chi connectivity index (χ2v) is 9.19. The van der Waals surface area contributed by atoms with E-state index in [1.807, 2.05) is 0 Å². The number of aryl methyl sites for hydroxylation is 1. The van der Waals surface area contributed by atoms with Crippen LogP contribution in [0.4, 0.5) is 0 Å². The summed E-state index contributed by atoms with van der Waals surface area (Å²) in [5.41, 5.74) is 17.2. The molecule has 7 nitrogen and oxygen atoms in total. The largest absolute Gasteiger partial charge is 0.496 e. The van der Waals surface area contributed by atoms with Crippen LogP contribution in [-0.4, -0.2) is 47.9 Å². The Morgan fingerprint density at radius 3 is 2.84 bits per heavy atom. The van der Waals surface area contributed by atoms with Crippen LogP contribution in [0.25, 0.3) is 0 Å². The minimum atomic E-state index is -0.526. The molecule has 168 valence electrons. The number of piperidine rings is 1. The van der Waals surface area contributed by atoms with E-state index in [1.54, 1.807) is 18.7 Å². The molecule has 1 saturated heterocycles. The molecule has 3 rings (SSSR count). The van der Waals surface area contributed by atoms with Crippen molar-refractivity contribution in [3.63, 3.8) is 0 Å². The molecule has 1 unspecified atom stereocenters. The van der Waals surface area contributed by atoms with Crippen LogP contribution in [0.1, 0.15) is 51.3 Å². The molecule has 1 aliphatic heterocycles. The van der Waals surface area contributed by atoms with Crippen molar-refractivity contribution in [1.82, 2.24) is 9.88 Å². The Bertz CT molecular complexity index is 942. The maximum atomic E-state index is 12.4. The number of thiazole rings is 1. The lowest BCUT2D eigenvalue weighted by Crippen LogP contribution is -2.46. The maximum absolute atomic E-state index is 12.4. The van der Waals surface area contributed by atoms with E-state index in [0.29, 0.717) is 29.9 Å². The van der Waals surface area contributed by atoms with Gasteiger partial charge >= 0.3 is 0 Å². The van der Waals surface area contributed by atoms with E-state index < -0.39 is 6.04 Å². The van der Waals surface area contributed by atoms with Crippen LogP contribution < -0.4 is 16.2 Å². The Balaban J connectivity index is 1.63. The average Bonchev–Trinajstić information content (AvgIpc) is 3.30. The fraction of sp³-hybridized carbons (Fsp3) is 0.522. The van der Waals surface area contributed by atoms with Crippen molar-refractivity contribution in [3.05, 3.63) is 44.9 Å². The smallest absolute Gasteiger partial charge is 0.207 e. The monoisotopic (exact) mass is 443 g/mol. The molecule has 0 bridgehead atoms. The Morgan fingerprint density at radius 1 is 1.39 bits per heavy atom. The Kier molecular flexibility index (Phi) is 7.67. The van der Waals surface area contributed by atoms with Crippen LogP contribution in [0.3, 0.4) is 0 Å². The number of nitrogens with zero attached hydrogens (tertiary/aromatic N) is 3. The molecular weight excluding hydrogens is 410 g/mol. The van der Waals surface area contributed by atoms with Crippen molar-refractivity contribution in [2.24, 2.45) is 22.4 Å². The van der Waals surface area contributed by atoms with Crippen LogP contribution >= 0.6 is 11.3 Å². The number of carbonyl (C=O) groups is 1. The molecule has 1 aromatic heterocycles. The molecule has 1 fully saturated rings. The minimum absolute atomic E-state index is 0.0745. The van der Waals surface area contributed by atoms with Gasteiger partial charge in [0.2, 0.25) is 5.78 Å². The summed E-state index contributed by atoms with van der Waals surface area (Å²) < 4.78 is 5.46. The average molecular weight is 444 g/mol. The van der Waals surface area contributed by atoms with E-state index in [4.69, 9.17) is 21.2 Å². The molecule has 0 aliphatic carbocycles. The van der Waals surface area contributed by atoms with Gasteiger partial charge in [0.15, 0.2) is 11.0 Å². The predicted octanol–water partition coefficient (Wildman–Crippen LogP) is 3.20. The summed E-state index contributed by atoms with van der Waals surface area (Å²) >= 11 is 1.34. The number of ketones is 1. The van der Waals surface area contributed by atoms with Crippen LogP contribution in [0.5, 0.6) is 5.75 Å². The standard InChI is InChI=1S/C23H33N5O2S/c1-14-10-20(30-4)16(3)15(2)18(14)12-27-23(25)28-8-5-6-17(13-28)11-19(24)21(29)22-26-7-9-31-22/h7,9-10,17,19H,5-6,8,11-13,24H2,1-4H3,(H2,25,27)/t17-,19?/m0/s1. The van der Waals surface area contributed by atoms with Gasteiger partial charge in [0.05, 0.1) is 19.7 Å². The molecule has 4 N–H and O–H groups in total. The summed E-state index contributed by atoms with van der Waals surface area (Å²) in [6, 6.07) is 1.53. The van der Waals surface area contributed by atoms with E-state index in [1.165, 1.54) is 22.5 Å². The summed E-state index contributed by atoms with van der Waals surface area (Å²) in [6.45, 7) is 8.43. The first-order chi connectivity index (χ1) is 14.8. The third kappa shape index (κ3) is 5.43. The highest BCUT2D eigenvalue weighted by Crippen LogP contribution is 2.28. The van der Waals surface area contributed by atoms with E-state index >= 15 is 0 Å². The second-order valence-electron chi connectivity index (χ2n) is 8.30. The first-order valence-corrected chi connectivity index (χ1v) is 11.6. The Labute approximate surface area is 188 Å². The van der Waals surface area contributed by atoms with Crippen molar-refractivity contribution in [2.75, 3.05) is 20.2 Å². The zero-order chi connectivity index (χ0) is 22.5. The molecule has 0 radical (unpaired) electrons. The lowest BCUT2D eigenvalue weighted by atomic mass is 9.90. The number of benzene rings is 1. The number of methoxy groups -OCH3 is 1. The highest BCUT2D eigenvalue weighted by molar-refractivity contribution is 7.11. The Morgan fingerprint density at radius 2 is 2.16 bits per heavy atom. The molecule has 31 heavy (non-hydrogen) atoms. The van der Waals surface area contributed by atoms with Gasteiger partial charge in [0.25, 0.3) is 0 Å². The number of carbonyl (C=O) groups excluding carboxylic acids is 1. The molecule has 2 aromatic rings. The van der Waals surface area contributed by atoms with Crippen LogP contribution in [0.2, 0.25) is 0 Å². The fourth-order valence-corrected chi connectivity index (χ4v) is 4.89. The summed E-state index contributed by atoms with van der Waals surface area (Å²) in [6.07, 6.45) is 4.33. The Hall–Kier alpha value is -2.45. The number of rotatable bonds is 7. The fourth-order valence-electron chi connectivity index (χ4n) is 4.25. The molecule has 1 aromatic carbocycles. The summed E-state index contributed by atoms with van der Waals surface area (Å²) in [7, 11) is 1.69. The van der Waals surface area contributed by atoms with Gasteiger partial charge in [-0.2, -0.15) is 0 Å². The molecule has 0 saturated carbocycles. The zero-order valence-corrected chi connectivity index (χ0v) is 19.7. The van der Waals surface area contributed by atoms with Crippen molar-refractivity contribution >= 4 is 23.1 Å². The number of hydrogen-bond donors (Lipinski definition) is 2. The van der Waals surface area contributed by atoms with Gasteiger partial charge in [-0.25, -0.2) is 9.98 Å². The van der Waals surface area contributed by atoms with Gasteiger partial charge < -0.3 is 21.1 Å². The molecule has 0 spiro atoms. The molecule has 0 amide bonds. The van der Waals surface area contributed by atoms with E-state index in [-0.39, 0.29) is 5.78 Å². The molecular formula is C23H33N5O2S. The summed E-state index contributed by atoms with van der Waals surface area (Å²) in [5.74, 6) is 1.69. The van der Waals surface area contributed by atoms with Crippen LogP contribution in [0, 0.1) is 26.7 Å².